The molecule has 0 amide bonds. The topological polar surface area (TPSA) is 30.2 Å². The van der Waals surface area contributed by atoms with Gasteiger partial charge in [-0.1, -0.05) is 18.2 Å². The first kappa shape index (κ1) is 11.3. The average Bonchev–Trinajstić information content (AvgIpc) is 2.77. The number of benzene rings is 1. The highest BCUT2D eigenvalue weighted by atomic mass is 79.9. The number of halogens is 2. The summed E-state index contributed by atoms with van der Waals surface area (Å²) in [6, 6.07) is 10.5. The van der Waals surface area contributed by atoms with Crippen LogP contribution in [-0.2, 0) is 6.42 Å². The van der Waals surface area contributed by atoms with E-state index in [2.05, 4.69) is 26.1 Å². The summed E-state index contributed by atoms with van der Waals surface area (Å²) in [5, 5.41) is 8.20. The number of fused-ring (bicyclic) bond motifs is 1. The molecule has 2 aromatic heterocycles. The first-order valence-electron chi connectivity index (χ1n) is 5.47. The van der Waals surface area contributed by atoms with Crippen molar-refractivity contribution in [1.29, 1.82) is 0 Å². The maximum absolute atomic E-state index is 13.6. The Bertz CT molecular complexity index is 708. The fraction of sp³-hybridized carbons (Fsp3) is 0.0769. The van der Waals surface area contributed by atoms with E-state index in [1.54, 1.807) is 12.1 Å². The summed E-state index contributed by atoms with van der Waals surface area (Å²) in [7, 11) is 0. The highest BCUT2D eigenvalue weighted by Gasteiger charge is 2.10. The Labute approximate surface area is 111 Å². The van der Waals surface area contributed by atoms with Crippen LogP contribution in [0, 0.1) is 5.82 Å². The number of pyridine rings is 1. The molecule has 18 heavy (non-hydrogen) atoms. The third-order valence-electron chi connectivity index (χ3n) is 2.76. The highest BCUT2D eigenvalue weighted by molar-refractivity contribution is 9.10. The third-order valence-corrected chi connectivity index (χ3v) is 3.38. The van der Waals surface area contributed by atoms with Crippen LogP contribution in [0.2, 0.25) is 0 Å². The molecule has 0 aliphatic heterocycles. The zero-order chi connectivity index (χ0) is 12.5. The first-order chi connectivity index (χ1) is 8.75. The molecular weight excluding hydrogens is 297 g/mol. The van der Waals surface area contributed by atoms with Crippen LogP contribution >= 0.6 is 15.9 Å². The standard InChI is InChI=1S/C13H9BrFN3/c14-10-5-3-7-18-12(16-17-13(10)18)8-9-4-1-2-6-11(9)15/h1-7H,8H2. The highest BCUT2D eigenvalue weighted by Crippen LogP contribution is 2.18. The Hall–Kier alpha value is -1.75. The van der Waals surface area contributed by atoms with Gasteiger partial charge in [0.25, 0.3) is 0 Å². The van der Waals surface area contributed by atoms with Crippen molar-refractivity contribution < 1.29 is 4.39 Å². The zero-order valence-corrected chi connectivity index (χ0v) is 10.9. The lowest BCUT2D eigenvalue weighted by molar-refractivity contribution is 0.611. The van der Waals surface area contributed by atoms with E-state index in [1.807, 2.05) is 28.8 Å². The van der Waals surface area contributed by atoms with E-state index in [0.717, 1.165) is 15.9 Å². The fourth-order valence-electron chi connectivity index (χ4n) is 1.86. The van der Waals surface area contributed by atoms with Gasteiger partial charge in [0.2, 0.25) is 0 Å². The lowest BCUT2D eigenvalue weighted by atomic mass is 10.1. The zero-order valence-electron chi connectivity index (χ0n) is 9.35. The van der Waals surface area contributed by atoms with Gasteiger partial charge in [0, 0.05) is 12.6 Å². The second-order valence-electron chi connectivity index (χ2n) is 3.93. The molecule has 0 fully saturated rings. The molecule has 2 heterocycles. The molecule has 0 spiro atoms. The van der Waals surface area contributed by atoms with Crippen molar-refractivity contribution in [2.24, 2.45) is 0 Å². The fourth-order valence-corrected chi connectivity index (χ4v) is 2.29. The van der Waals surface area contributed by atoms with Crippen molar-refractivity contribution in [2.75, 3.05) is 0 Å². The monoisotopic (exact) mass is 305 g/mol. The van der Waals surface area contributed by atoms with Crippen molar-refractivity contribution >= 4 is 21.6 Å². The maximum atomic E-state index is 13.6. The molecule has 5 heteroatoms. The predicted octanol–water partition coefficient (Wildman–Crippen LogP) is 3.22. The Balaban J connectivity index is 2.06. The van der Waals surface area contributed by atoms with Crippen molar-refractivity contribution in [3.8, 4) is 0 Å². The summed E-state index contributed by atoms with van der Waals surface area (Å²) >= 11 is 3.41. The number of aromatic nitrogens is 3. The molecule has 0 aliphatic carbocycles. The first-order valence-corrected chi connectivity index (χ1v) is 6.26. The number of nitrogens with zero attached hydrogens (tertiary/aromatic N) is 3. The van der Waals surface area contributed by atoms with Crippen molar-refractivity contribution in [2.45, 2.75) is 6.42 Å². The molecular formula is C13H9BrFN3. The number of hydrogen-bond acceptors (Lipinski definition) is 2. The summed E-state index contributed by atoms with van der Waals surface area (Å²) in [6.45, 7) is 0. The van der Waals surface area contributed by atoms with Crippen LogP contribution < -0.4 is 0 Å². The molecule has 1 aromatic carbocycles. The number of hydrogen-bond donors (Lipinski definition) is 0. The smallest absolute Gasteiger partial charge is 0.175 e. The van der Waals surface area contributed by atoms with Gasteiger partial charge in [0.15, 0.2) is 5.65 Å². The van der Waals surface area contributed by atoms with Crippen molar-refractivity contribution in [1.82, 2.24) is 14.6 Å². The van der Waals surface area contributed by atoms with Crippen molar-refractivity contribution in [3.05, 3.63) is 64.3 Å². The van der Waals surface area contributed by atoms with E-state index in [4.69, 9.17) is 0 Å². The molecule has 90 valence electrons. The molecule has 0 unspecified atom stereocenters. The van der Waals surface area contributed by atoms with Crippen LogP contribution in [0.1, 0.15) is 11.4 Å². The van der Waals surface area contributed by atoms with Gasteiger partial charge >= 0.3 is 0 Å². The second-order valence-corrected chi connectivity index (χ2v) is 4.79. The van der Waals surface area contributed by atoms with Gasteiger partial charge in [-0.05, 0) is 39.7 Å². The van der Waals surface area contributed by atoms with E-state index in [-0.39, 0.29) is 5.82 Å². The normalized spacial score (nSPS) is 11.0. The minimum atomic E-state index is -0.218. The van der Waals surface area contributed by atoms with Crippen LogP contribution in [0.15, 0.2) is 47.1 Å². The van der Waals surface area contributed by atoms with E-state index in [0.29, 0.717) is 12.0 Å². The lowest BCUT2D eigenvalue weighted by Gasteiger charge is -2.02. The van der Waals surface area contributed by atoms with Crippen LogP contribution in [0.5, 0.6) is 0 Å². The molecule has 3 aromatic rings. The van der Waals surface area contributed by atoms with Crippen LogP contribution in [0.25, 0.3) is 5.65 Å². The van der Waals surface area contributed by atoms with E-state index in [1.165, 1.54) is 6.07 Å². The Morgan fingerprint density at radius 2 is 1.94 bits per heavy atom. The largest absolute Gasteiger partial charge is 0.285 e. The number of rotatable bonds is 2. The van der Waals surface area contributed by atoms with E-state index >= 15 is 0 Å². The SMILES string of the molecule is Fc1ccccc1Cc1nnc2c(Br)cccn12. The van der Waals surface area contributed by atoms with Gasteiger partial charge in [-0.2, -0.15) is 0 Å². The van der Waals surface area contributed by atoms with E-state index < -0.39 is 0 Å². The molecule has 0 atom stereocenters. The molecule has 0 radical (unpaired) electrons. The molecule has 0 bridgehead atoms. The van der Waals surface area contributed by atoms with Crippen LogP contribution in [0.4, 0.5) is 4.39 Å². The van der Waals surface area contributed by atoms with Crippen LogP contribution in [0.3, 0.4) is 0 Å². The summed E-state index contributed by atoms with van der Waals surface area (Å²) in [5.41, 5.74) is 1.36. The van der Waals surface area contributed by atoms with Gasteiger partial charge in [0.05, 0.1) is 4.47 Å². The summed E-state index contributed by atoms with van der Waals surface area (Å²) < 4.78 is 16.3. The Morgan fingerprint density at radius 1 is 1.11 bits per heavy atom. The maximum Gasteiger partial charge on any atom is 0.175 e. The molecule has 3 nitrogen and oxygen atoms in total. The molecule has 0 saturated heterocycles. The average molecular weight is 306 g/mol. The minimum absolute atomic E-state index is 0.218. The quantitative estimate of drug-likeness (QED) is 0.727. The van der Waals surface area contributed by atoms with Gasteiger partial charge in [-0.15, -0.1) is 10.2 Å². The third kappa shape index (κ3) is 1.90. The molecule has 3 rings (SSSR count). The summed E-state index contributed by atoms with van der Waals surface area (Å²) in [5.74, 6) is 0.501. The lowest BCUT2D eigenvalue weighted by Crippen LogP contribution is -1.98. The van der Waals surface area contributed by atoms with Gasteiger partial charge in [-0.3, -0.25) is 4.40 Å². The predicted molar refractivity (Wildman–Crippen MR) is 69.9 cm³/mol. The molecule has 0 saturated carbocycles. The van der Waals surface area contributed by atoms with E-state index in [9.17, 15) is 4.39 Å². The van der Waals surface area contributed by atoms with Gasteiger partial charge in [0.1, 0.15) is 11.6 Å². The minimum Gasteiger partial charge on any atom is -0.285 e. The Kier molecular flexibility index (Phi) is 2.83. The summed E-state index contributed by atoms with van der Waals surface area (Å²) in [6.07, 6.45) is 2.29. The molecule has 0 N–H and O–H groups in total. The van der Waals surface area contributed by atoms with Gasteiger partial charge in [-0.25, -0.2) is 4.39 Å². The second kappa shape index (κ2) is 4.49. The molecule has 0 aliphatic rings. The van der Waals surface area contributed by atoms with Crippen molar-refractivity contribution in [3.63, 3.8) is 0 Å². The Morgan fingerprint density at radius 3 is 2.78 bits per heavy atom. The van der Waals surface area contributed by atoms with Crippen LogP contribution in [-0.4, -0.2) is 14.6 Å². The summed E-state index contributed by atoms with van der Waals surface area (Å²) in [4.78, 5) is 0. The van der Waals surface area contributed by atoms with Gasteiger partial charge < -0.3 is 0 Å².